The van der Waals surface area contributed by atoms with Gasteiger partial charge in [0.05, 0.1) is 12.2 Å². The molecule has 0 saturated heterocycles. The molecule has 0 aliphatic heterocycles. The van der Waals surface area contributed by atoms with Crippen molar-refractivity contribution >= 4 is 17.7 Å². The van der Waals surface area contributed by atoms with Crippen molar-refractivity contribution in [3.63, 3.8) is 0 Å². The summed E-state index contributed by atoms with van der Waals surface area (Å²) < 4.78 is 44.0. The molecule has 0 bridgehead atoms. The Morgan fingerprint density at radius 2 is 2.18 bits per heavy atom. The smallest absolute Gasteiger partial charge is 0.408 e. The average molecular weight is 334 g/mol. The third-order valence-electron chi connectivity index (χ3n) is 2.55. The second-order valence-electron chi connectivity index (χ2n) is 4.47. The zero-order valence-corrected chi connectivity index (χ0v) is 12.4. The summed E-state index contributed by atoms with van der Waals surface area (Å²) in [5, 5.41) is 3.69. The van der Waals surface area contributed by atoms with Gasteiger partial charge in [0.15, 0.2) is 17.4 Å². The molecule has 2 heterocycles. The van der Waals surface area contributed by atoms with Gasteiger partial charge in [0.2, 0.25) is 5.91 Å². The van der Waals surface area contributed by atoms with Crippen LogP contribution in [-0.4, -0.2) is 33.1 Å². The largest absolute Gasteiger partial charge is 0.457 e. The number of nitrogens with zero attached hydrogens (tertiary/aromatic N) is 3. The maximum absolute atomic E-state index is 12.6. The van der Waals surface area contributed by atoms with E-state index < -0.39 is 18.6 Å². The van der Waals surface area contributed by atoms with Crippen LogP contribution in [0, 0.1) is 0 Å². The Labute approximate surface area is 127 Å². The highest BCUT2D eigenvalue weighted by atomic mass is 32.2. The zero-order valence-electron chi connectivity index (χ0n) is 11.6. The Hall–Kier alpha value is -1.97. The molecule has 1 amide bonds. The number of rotatable bonds is 6. The first kappa shape index (κ1) is 16.4. The molecule has 0 saturated carbocycles. The van der Waals surface area contributed by atoms with E-state index >= 15 is 0 Å². The van der Waals surface area contributed by atoms with Crippen LogP contribution in [0.4, 0.5) is 13.2 Å². The van der Waals surface area contributed by atoms with Gasteiger partial charge in [-0.3, -0.25) is 4.79 Å². The molecule has 0 unspecified atom stereocenters. The van der Waals surface area contributed by atoms with Crippen LogP contribution in [0.5, 0.6) is 0 Å². The molecular weight excluding hydrogens is 321 g/mol. The van der Waals surface area contributed by atoms with E-state index in [4.69, 9.17) is 10.2 Å². The minimum atomic E-state index is -4.47. The fourth-order valence-electron chi connectivity index (χ4n) is 1.80. The fraction of sp³-hybridized carbons (Fsp3) is 0.417. The molecule has 2 aromatic heterocycles. The number of alkyl halides is 3. The van der Waals surface area contributed by atoms with Crippen LogP contribution in [0.3, 0.4) is 0 Å². The predicted octanol–water partition coefficient (Wildman–Crippen LogP) is 1.99. The Kier molecular flexibility index (Phi) is 4.79. The molecule has 0 atom stereocenters. The number of primary amides is 1. The monoisotopic (exact) mass is 334 g/mol. The summed E-state index contributed by atoms with van der Waals surface area (Å²) in [5.41, 5.74) is 5.02. The van der Waals surface area contributed by atoms with Crippen molar-refractivity contribution in [2.45, 2.75) is 24.9 Å². The number of nitrogens with two attached hydrogens (primary N) is 1. The van der Waals surface area contributed by atoms with E-state index in [1.54, 1.807) is 6.07 Å². The lowest BCUT2D eigenvalue weighted by molar-refractivity contribution is -0.142. The van der Waals surface area contributed by atoms with Crippen LogP contribution in [0.2, 0.25) is 0 Å². The lowest BCUT2D eigenvalue weighted by atomic mass is 10.4. The van der Waals surface area contributed by atoms with Crippen LogP contribution < -0.4 is 5.73 Å². The van der Waals surface area contributed by atoms with Gasteiger partial charge in [-0.15, -0.1) is 0 Å². The van der Waals surface area contributed by atoms with Gasteiger partial charge in [-0.2, -0.15) is 30.0 Å². The molecule has 6 nitrogen and oxygen atoms in total. The minimum Gasteiger partial charge on any atom is -0.457 e. The van der Waals surface area contributed by atoms with Crippen LogP contribution in [-0.2, 0) is 23.5 Å². The lowest BCUT2D eigenvalue weighted by Gasteiger charge is -2.07. The third kappa shape index (κ3) is 4.26. The molecule has 0 aromatic carbocycles. The SMILES string of the molecule is CSCc1ccc(-c2nc(CC(N)=O)nn2CC(F)(F)F)o1. The lowest BCUT2D eigenvalue weighted by Crippen LogP contribution is -2.20. The van der Waals surface area contributed by atoms with Gasteiger partial charge in [-0.1, -0.05) is 0 Å². The first-order valence-corrected chi connectivity index (χ1v) is 7.54. The topological polar surface area (TPSA) is 86.9 Å². The molecule has 0 spiro atoms. The van der Waals surface area contributed by atoms with E-state index in [2.05, 4.69) is 10.1 Å². The summed E-state index contributed by atoms with van der Waals surface area (Å²) in [7, 11) is 0. The van der Waals surface area contributed by atoms with Crippen molar-refractivity contribution in [1.29, 1.82) is 0 Å². The Morgan fingerprint density at radius 1 is 1.45 bits per heavy atom. The molecular formula is C12H13F3N4O2S. The van der Waals surface area contributed by atoms with Crippen LogP contribution in [0.15, 0.2) is 16.5 Å². The Morgan fingerprint density at radius 3 is 2.77 bits per heavy atom. The number of aromatic nitrogens is 3. The third-order valence-corrected chi connectivity index (χ3v) is 3.12. The number of hydrogen-bond donors (Lipinski definition) is 1. The molecule has 120 valence electrons. The quantitative estimate of drug-likeness (QED) is 0.873. The van der Waals surface area contributed by atoms with Gasteiger partial charge in [0.1, 0.15) is 12.3 Å². The van der Waals surface area contributed by atoms with Gasteiger partial charge >= 0.3 is 6.18 Å². The Bertz CT molecular complexity index is 666. The normalized spacial score (nSPS) is 11.8. The van der Waals surface area contributed by atoms with Gasteiger partial charge < -0.3 is 10.2 Å². The highest BCUT2D eigenvalue weighted by Crippen LogP contribution is 2.25. The summed E-state index contributed by atoms with van der Waals surface area (Å²) in [4.78, 5) is 14.8. The Balaban J connectivity index is 2.37. The minimum absolute atomic E-state index is 0.0745. The molecule has 0 aliphatic rings. The van der Waals surface area contributed by atoms with Crippen molar-refractivity contribution in [1.82, 2.24) is 14.8 Å². The summed E-state index contributed by atoms with van der Waals surface area (Å²) >= 11 is 1.51. The molecule has 2 N–H and O–H groups in total. The molecule has 22 heavy (non-hydrogen) atoms. The maximum atomic E-state index is 12.6. The summed E-state index contributed by atoms with van der Waals surface area (Å²) in [6.45, 7) is -1.33. The average Bonchev–Trinajstić information content (AvgIpc) is 2.94. The molecule has 0 radical (unpaired) electrons. The van der Waals surface area contributed by atoms with Gasteiger partial charge in [-0.25, -0.2) is 9.67 Å². The van der Waals surface area contributed by atoms with Gasteiger partial charge in [-0.05, 0) is 18.4 Å². The van der Waals surface area contributed by atoms with Gasteiger partial charge in [0, 0.05) is 0 Å². The second-order valence-corrected chi connectivity index (χ2v) is 5.33. The van der Waals surface area contributed by atoms with Gasteiger partial charge in [0.25, 0.3) is 0 Å². The molecule has 0 aliphatic carbocycles. The van der Waals surface area contributed by atoms with Crippen LogP contribution in [0.1, 0.15) is 11.6 Å². The van der Waals surface area contributed by atoms with Crippen molar-refractivity contribution < 1.29 is 22.4 Å². The van der Waals surface area contributed by atoms with Crippen LogP contribution >= 0.6 is 11.8 Å². The first-order valence-electron chi connectivity index (χ1n) is 6.15. The number of thioether (sulfide) groups is 1. The van der Waals surface area contributed by atoms with E-state index in [0.29, 0.717) is 16.2 Å². The second kappa shape index (κ2) is 6.42. The van der Waals surface area contributed by atoms with E-state index in [-0.39, 0.29) is 23.8 Å². The molecule has 10 heteroatoms. The predicted molar refractivity (Wildman–Crippen MR) is 73.9 cm³/mol. The summed E-state index contributed by atoms with van der Waals surface area (Å²) in [6.07, 6.45) is -2.93. The standard InChI is InChI=1S/C12H13F3N4O2S/c1-22-5-7-2-3-8(21-7)11-17-10(4-9(16)20)18-19(11)6-12(13,14)15/h2-3H,4-6H2,1H3,(H2,16,20). The highest BCUT2D eigenvalue weighted by Gasteiger charge is 2.31. The van der Waals surface area contributed by atoms with E-state index in [0.717, 1.165) is 0 Å². The highest BCUT2D eigenvalue weighted by molar-refractivity contribution is 7.97. The molecule has 2 aromatic rings. The molecule has 0 fully saturated rings. The fourth-order valence-corrected chi connectivity index (χ4v) is 2.24. The zero-order chi connectivity index (χ0) is 16.3. The number of halogens is 3. The van der Waals surface area contributed by atoms with E-state index in [1.165, 1.54) is 17.8 Å². The van der Waals surface area contributed by atoms with Crippen molar-refractivity contribution in [2.75, 3.05) is 6.26 Å². The van der Waals surface area contributed by atoms with E-state index in [1.807, 2.05) is 6.26 Å². The number of hydrogen-bond acceptors (Lipinski definition) is 5. The first-order chi connectivity index (χ1) is 10.3. The van der Waals surface area contributed by atoms with Crippen molar-refractivity contribution in [2.24, 2.45) is 5.73 Å². The summed E-state index contributed by atoms with van der Waals surface area (Å²) in [6, 6.07) is 3.18. The van der Waals surface area contributed by atoms with E-state index in [9.17, 15) is 18.0 Å². The maximum Gasteiger partial charge on any atom is 0.408 e. The van der Waals surface area contributed by atoms with Crippen molar-refractivity contribution in [3.8, 4) is 11.6 Å². The number of furan rings is 1. The summed E-state index contributed by atoms with van der Waals surface area (Å²) in [5.74, 6) is 0.479. The number of amides is 1. The van der Waals surface area contributed by atoms with Crippen LogP contribution in [0.25, 0.3) is 11.6 Å². The molecule has 2 rings (SSSR count). The number of carbonyl (C=O) groups excluding carboxylic acids is 1. The number of carbonyl (C=O) groups is 1. The van der Waals surface area contributed by atoms with Crippen molar-refractivity contribution in [3.05, 3.63) is 23.7 Å².